The summed E-state index contributed by atoms with van der Waals surface area (Å²) in [6.07, 6.45) is 1.40. The number of carbonyl (C=O) groups is 1. The van der Waals surface area contributed by atoms with Gasteiger partial charge in [-0.1, -0.05) is 24.3 Å². The Morgan fingerprint density at radius 2 is 1.90 bits per heavy atom. The van der Waals surface area contributed by atoms with Crippen molar-refractivity contribution in [1.82, 2.24) is 0 Å². The molecule has 0 radical (unpaired) electrons. The predicted octanol–water partition coefficient (Wildman–Crippen LogP) is 3.84. The Kier molecular flexibility index (Phi) is 3.62. The minimum atomic E-state index is -0.779. The fourth-order valence-corrected chi connectivity index (χ4v) is 2.61. The van der Waals surface area contributed by atoms with Gasteiger partial charge in [0.05, 0.1) is 0 Å². The minimum Gasteiger partial charge on any atom is -0.481 e. The molecule has 3 rings (SSSR count). The second kappa shape index (κ2) is 5.58. The normalized spacial score (nSPS) is 12.8. The number of carboxylic acid groups (broad SMARTS) is 1. The van der Waals surface area contributed by atoms with Crippen LogP contribution in [0.5, 0.6) is 0 Å². The smallest absolute Gasteiger partial charge is 0.303 e. The zero-order chi connectivity index (χ0) is 14.8. The standard InChI is InChI=1S/C17H17NO3/c18-14(5-3-7-17(19)20)11-8-9-16-13(10-11)12-4-1-2-6-15(12)21-16/h1-2,4,6,8-10,14H,3,5,7,18H2,(H,19,20). The van der Waals surface area contributed by atoms with Crippen LogP contribution in [-0.2, 0) is 4.79 Å². The largest absolute Gasteiger partial charge is 0.481 e. The molecule has 2 aromatic carbocycles. The quantitative estimate of drug-likeness (QED) is 0.745. The molecule has 0 amide bonds. The summed E-state index contributed by atoms with van der Waals surface area (Å²) in [5.74, 6) is -0.779. The number of furan rings is 1. The predicted molar refractivity (Wildman–Crippen MR) is 82.1 cm³/mol. The first-order valence-electron chi connectivity index (χ1n) is 7.04. The lowest BCUT2D eigenvalue weighted by Crippen LogP contribution is -2.10. The van der Waals surface area contributed by atoms with Crippen molar-refractivity contribution < 1.29 is 14.3 Å². The first-order valence-corrected chi connectivity index (χ1v) is 7.04. The van der Waals surface area contributed by atoms with E-state index in [4.69, 9.17) is 15.3 Å². The van der Waals surface area contributed by atoms with Gasteiger partial charge in [-0.3, -0.25) is 4.79 Å². The van der Waals surface area contributed by atoms with Gasteiger partial charge in [-0.05, 0) is 36.6 Å². The topological polar surface area (TPSA) is 76.5 Å². The number of carboxylic acids is 1. The number of nitrogens with two attached hydrogens (primary N) is 1. The lowest BCUT2D eigenvalue weighted by atomic mass is 10.00. The molecule has 0 saturated heterocycles. The van der Waals surface area contributed by atoms with Gasteiger partial charge in [-0.15, -0.1) is 0 Å². The van der Waals surface area contributed by atoms with Crippen molar-refractivity contribution >= 4 is 27.9 Å². The Bertz CT molecular complexity index is 791. The maximum absolute atomic E-state index is 10.6. The summed E-state index contributed by atoms with van der Waals surface area (Å²) in [6, 6.07) is 13.7. The van der Waals surface area contributed by atoms with Crippen molar-refractivity contribution in [1.29, 1.82) is 0 Å². The van der Waals surface area contributed by atoms with E-state index in [1.165, 1.54) is 0 Å². The second-order valence-corrected chi connectivity index (χ2v) is 5.25. The SMILES string of the molecule is NC(CCCC(=O)O)c1ccc2oc3ccccc3c2c1. The summed E-state index contributed by atoms with van der Waals surface area (Å²) in [4.78, 5) is 10.6. The molecule has 0 fully saturated rings. The summed E-state index contributed by atoms with van der Waals surface area (Å²) in [6.45, 7) is 0. The third-order valence-electron chi connectivity index (χ3n) is 3.73. The third-order valence-corrected chi connectivity index (χ3v) is 3.73. The van der Waals surface area contributed by atoms with Gasteiger partial charge >= 0.3 is 5.97 Å². The van der Waals surface area contributed by atoms with Gasteiger partial charge < -0.3 is 15.3 Å². The molecule has 4 nitrogen and oxygen atoms in total. The van der Waals surface area contributed by atoms with Gasteiger partial charge in [-0.2, -0.15) is 0 Å². The lowest BCUT2D eigenvalue weighted by molar-refractivity contribution is -0.137. The van der Waals surface area contributed by atoms with Crippen molar-refractivity contribution in [2.75, 3.05) is 0 Å². The van der Waals surface area contributed by atoms with E-state index in [-0.39, 0.29) is 12.5 Å². The number of aliphatic carboxylic acids is 1. The highest BCUT2D eigenvalue weighted by molar-refractivity contribution is 6.05. The van der Waals surface area contributed by atoms with Gasteiger partial charge in [0.25, 0.3) is 0 Å². The molecule has 0 spiro atoms. The van der Waals surface area contributed by atoms with E-state index in [0.29, 0.717) is 12.8 Å². The summed E-state index contributed by atoms with van der Waals surface area (Å²) in [5, 5.41) is 10.8. The lowest BCUT2D eigenvalue weighted by Gasteiger charge is -2.11. The number of para-hydroxylation sites is 1. The average Bonchev–Trinajstić information content (AvgIpc) is 2.84. The van der Waals surface area contributed by atoms with Crippen LogP contribution >= 0.6 is 0 Å². The monoisotopic (exact) mass is 283 g/mol. The Hall–Kier alpha value is -2.33. The fraction of sp³-hybridized carbons (Fsp3) is 0.235. The summed E-state index contributed by atoms with van der Waals surface area (Å²) in [7, 11) is 0. The molecule has 0 saturated carbocycles. The molecule has 4 heteroatoms. The van der Waals surface area contributed by atoms with Crippen molar-refractivity contribution in [3.05, 3.63) is 48.0 Å². The summed E-state index contributed by atoms with van der Waals surface area (Å²) < 4.78 is 5.78. The van der Waals surface area contributed by atoms with E-state index < -0.39 is 5.97 Å². The van der Waals surface area contributed by atoms with Gasteiger partial charge in [-0.25, -0.2) is 0 Å². The first kappa shape index (κ1) is 13.6. The average molecular weight is 283 g/mol. The van der Waals surface area contributed by atoms with Crippen molar-refractivity contribution in [3.8, 4) is 0 Å². The van der Waals surface area contributed by atoms with Crippen LogP contribution < -0.4 is 5.73 Å². The maximum atomic E-state index is 10.6. The molecule has 21 heavy (non-hydrogen) atoms. The molecular weight excluding hydrogens is 266 g/mol. The molecule has 3 N–H and O–H groups in total. The number of benzene rings is 2. The van der Waals surface area contributed by atoms with Crippen LogP contribution in [-0.4, -0.2) is 11.1 Å². The number of hydrogen-bond acceptors (Lipinski definition) is 3. The first-order chi connectivity index (χ1) is 10.1. The molecule has 0 aliphatic heterocycles. The zero-order valence-corrected chi connectivity index (χ0v) is 11.6. The van der Waals surface area contributed by atoms with Gasteiger partial charge in [0, 0.05) is 23.2 Å². The van der Waals surface area contributed by atoms with Crippen LogP contribution in [0, 0.1) is 0 Å². The van der Waals surface area contributed by atoms with Crippen LogP contribution in [0.2, 0.25) is 0 Å². The van der Waals surface area contributed by atoms with Crippen LogP contribution in [0.25, 0.3) is 21.9 Å². The van der Waals surface area contributed by atoms with Crippen LogP contribution in [0.15, 0.2) is 46.9 Å². The Morgan fingerprint density at radius 1 is 1.14 bits per heavy atom. The number of rotatable bonds is 5. The second-order valence-electron chi connectivity index (χ2n) is 5.25. The molecule has 1 unspecified atom stereocenters. The van der Waals surface area contributed by atoms with E-state index in [1.54, 1.807) is 0 Å². The van der Waals surface area contributed by atoms with Crippen molar-refractivity contribution in [3.63, 3.8) is 0 Å². The molecular formula is C17H17NO3. The Labute approximate surface area is 122 Å². The molecule has 0 aliphatic rings. The minimum absolute atomic E-state index is 0.151. The molecule has 0 bridgehead atoms. The van der Waals surface area contributed by atoms with E-state index in [0.717, 1.165) is 27.5 Å². The van der Waals surface area contributed by atoms with E-state index in [2.05, 4.69) is 0 Å². The Balaban J connectivity index is 1.89. The number of hydrogen-bond donors (Lipinski definition) is 2. The third kappa shape index (κ3) is 2.76. The molecule has 108 valence electrons. The van der Waals surface area contributed by atoms with Crippen LogP contribution in [0.4, 0.5) is 0 Å². The molecule has 3 aromatic rings. The van der Waals surface area contributed by atoms with E-state index in [1.807, 2.05) is 42.5 Å². The molecule has 1 heterocycles. The van der Waals surface area contributed by atoms with Gasteiger partial charge in [0.15, 0.2) is 0 Å². The summed E-state index contributed by atoms with van der Waals surface area (Å²) >= 11 is 0. The van der Waals surface area contributed by atoms with E-state index >= 15 is 0 Å². The van der Waals surface area contributed by atoms with Crippen LogP contribution in [0.1, 0.15) is 30.9 Å². The highest BCUT2D eigenvalue weighted by Crippen LogP contribution is 2.31. The Morgan fingerprint density at radius 3 is 2.71 bits per heavy atom. The highest BCUT2D eigenvalue weighted by Gasteiger charge is 2.11. The molecule has 1 aromatic heterocycles. The van der Waals surface area contributed by atoms with Crippen molar-refractivity contribution in [2.45, 2.75) is 25.3 Å². The highest BCUT2D eigenvalue weighted by atomic mass is 16.4. The van der Waals surface area contributed by atoms with E-state index in [9.17, 15) is 4.79 Å². The van der Waals surface area contributed by atoms with Crippen LogP contribution in [0.3, 0.4) is 0 Å². The zero-order valence-electron chi connectivity index (χ0n) is 11.6. The number of fused-ring (bicyclic) bond motifs is 3. The maximum Gasteiger partial charge on any atom is 0.303 e. The van der Waals surface area contributed by atoms with Crippen molar-refractivity contribution in [2.24, 2.45) is 5.73 Å². The summed E-state index contributed by atoms with van der Waals surface area (Å²) in [5.41, 5.74) is 8.88. The molecule has 1 atom stereocenters. The van der Waals surface area contributed by atoms with Gasteiger partial charge in [0.2, 0.25) is 0 Å². The van der Waals surface area contributed by atoms with Gasteiger partial charge in [0.1, 0.15) is 11.2 Å². The molecule has 0 aliphatic carbocycles. The fourth-order valence-electron chi connectivity index (χ4n) is 2.61.